The summed E-state index contributed by atoms with van der Waals surface area (Å²) in [5.74, 6) is 1.28. The average Bonchev–Trinajstić information content (AvgIpc) is 2.45. The summed E-state index contributed by atoms with van der Waals surface area (Å²) in [4.78, 5) is 0. The van der Waals surface area contributed by atoms with Crippen LogP contribution in [0.5, 0.6) is 17.2 Å². The van der Waals surface area contributed by atoms with Crippen molar-refractivity contribution in [3.8, 4) is 17.2 Å². The summed E-state index contributed by atoms with van der Waals surface area (Å²) in [7, 11) is 3.12. The van der Waals surface area contributed by atoms with E-state index in [4.69, 9.17) is 21.1 Å². The van der Waals surface area contributed by atoms with Gasteiger partial charge in [0.25, 0.3) is 0 Å². The summed E-state index contributed by atoms with van der Waals surface area (Å²) < 4.78 is 10.3. The standard InChI is InChI=1S/C15H16ClNO3/c1-19-14-6-4-11(16)8-12(14)17-9-10-3-5-15(20-2)13(18)7-10/h3-8,17-18H,9H2,1-2H3. The Morgan fingerprint density at radius 2 is 1.75 bits per heavy atom. The van der Waals surface area contributed by atoms with Gasteiger partial charge in [0.2, 0.25) is 0 Å². The van der Waals surface area contributed by atoms with E-state index >= 15 is 0 Å². The average molecular weight is 294 g/mol. The number of ether oxygens (including phenoxy) is 2. The Balaban J connectivity index is 2.12. The van der Waals surface area contributed by atoms with Crippen molar-refractivity contribution in [3.63, 3.8) is 0 Å². The smallest absolute Gasteiger partial charge is 0.160 e. The fourth-order valence-electron chi connectivity index (χ4n) is 1.86. The summed E-state index contributed by atoms with van der Waals surface area (Å²) >= 11 is 5.97. The molecule has 2 N–H and O–H groups in total. The van der Waals surface area contributed by atoms with Crippen LogP contribution in [0.3, 0.4) is 0 Å². The molecule has 0 spiro atoms. The normalized spacial score (nSPS) is 10.2. The molecule has 0 atom stereocenters. The molecule has 0 aromatic heterocycles. The van der Waals surface area contributed by atoms with E-state index in [2.05, 4.69) is 5.32 Å². The first-order valence-electron chi connectivity index (χ1n) is 6.07. The molecule has 0 bridgehead atoms. The van der Waals surface area contributed by atoms with Crippen LogP contribution < -0.4 is 14.8 Å². The molecule has 2 aromatic carbocycles. The highest BCUT2D eigenvalue weighted by Crippen LogP contribution is 2.29. The van der Waals surface area contributed by atoms with Gasteiger partial charge in [-0.15, -0.1) is 0 Å². The van der Waals surface area contributed by atoms with E-state index in [9.17, 15) is 5.11 Å². The highest BCUT2D eigenvalue weighted by molar-refractivity contribution is 6.30. The van der Waals surface area contributed by atoms with Crippen molar-refractivity contribution in [1.29, 1.82) is 0 Å². The minimum Gasteiger partial charge on any atom is -0.504 e. The number of nitrogens with one attached hydrogen (secondary N) is 1. The first kappa shape index (κ1) is 14.3. The number of anilines is 1. The quantitative estimate of drug-likeness (QED) is 0.883. The molecular weight excluding hydrogens is 278 g/mol. The molecule has 106 valence electrons. The molecule has 0 aliphatic heterocycles. The second-order valence-electron chi connectivity index (χ2n) is 4.20. The van der Waals surface area contributed by atoms with Gasteiger partial charge in [-0.1, -0.05) is 17.7 Å². The number of hydrogen-bond acceptors (Lipinski definition) is 4. The minimum atomic E-state index is 0.116. The number of benzene rings is 2. The molecule has 0 fully saturated rings. The van der Waals surface area contributed by atoms with Gasteiger partial charge in [-0.05, 0) is 35.9 Å². The Morgan fingerprint density at radius 1 is 1.05 bits per heavy atom. The Morgan fingerprint density at radius 3 is 2.40 bits per heavy atom. The van der Waals surface area contributed by atoms with Crippen LogP contribution in [0.15, 0.2) is 36.4 Å². The van der Waals surface area contributed by atoms with E-state index in [0.29, 0.717) is 23.1 Å². The molecule has 0 aliphatic rings. The number of methoxy groups -OCH3 is 2. The van der Waals surface area contributed by atoms with Gasteiger partial charge in [-0.25, -0.2) is 0 Å². The fraction of sp³-hybridized carbons (Fsp3) is 0.200. The number of halogens is 1. The van der Waals surface area contributed by atoms with Crippen LogP contribution in [0.1, 0.15) is 5.56 Å². The Bertz CT molecular complexity index is 602. The lowest BCUT2D eigenvalue weighted by atomic mass is 10.2. The van der Waals surface area contributed by atoms with E-state index < -0.39 is 0 Å². The lowest BCUT2D eigenvalue weighted by Crippen LogP contribution is -2.01. The molecular formula is C15H16ClNO3. The predicted octanol–water partition coefficient (Wildman–Crippen LogP) is 3.67. The molecule has 20 heavy (non-hydrogen) atoms. The maximum Gasteiger partial charge on any atom is 0.160 e. The second-order valence-corrected chi connectivity index (χ2v) is 4.64. The van der Waals surface area contributed by atoms with Crippen molar-refractivity contribution in [2.45, 2.75) is 6.54 Å². The third kappa shape index (κ3) is 3.27. The molecule has 2 aromatic rings. The van der Waals surface area contributed by atoms with Crippen molar-refractivity contribution in [1.82, 2.24) is 0 Å². The van der Waals surface area contributed by atoms with Crippen LogP contribution in [0.4, 0.5) is 5.69 Å². The van der Waals surface area contributed by atoms with E-state index in [-0.39, 0.29) is 5.75 Å². The second kappa shape index (κ2) is 6.39. The maximum atomic E-state index is 9.73. The number of phenolic OH excluding ortho intramolecular Hbond substituents is 1. The number of hydrogen-bond donors (Lipinski definition) is 2. The lowest BCUT2D eigenvalue weighted by Gasteiger charge is -2.12. The lowest BCUT2D eigenvalue weighted by molar-refractivity contribution is 0.373. The molecule has 2 rings (SSSR count). The highest BCUT2D eigenvalue weighted by atomic mass is 35.5. The van der Waals surface area contributed by atoms with Crippen LogP contribution in [-0.4, -0.2) is 19.3 Å². The van der Waals surface area contributed by atoms with Crippen molar-refractivity contribution in [3.05, 3.63) is 47.0 Å². The highest BCUT2D eigenvalue weighted by Gasteiger charge is 2.05. The van der Waals surface area contributed by atoms with E-state index in [1.807, 2.05) is 6.07 Å². The van der Waals surface area contributed by atoms with Gasteiger partial charge in [-0.3, -0.25) is 0 Å². The van der Waals surface area contributed by atoms with Gasteiger partial charge < -0.3 is 19.9 Å². The summed E-state index contributed by atoms with van der Waals surface area (Å²) in [5, 5.41) is 13.6. The molecule has 0 aliphatic carbocycles. The minimum absolute atomic E-state index is 0.116. The molecule has 4 nitrogen and oxygen atoms in total. The van der Waals surface area contributed by atoms with Gasteiger partial charge in [0.15, 0.2) is 11.5 Å². The third-order valence-electron chi connectivity index (χ3n) is 2.89. The topological polar surface area (TPSA) is 50.7 Å². The molecule has 0 unspecified atom stereocenters. The molecule has 0 amide bonds. The van der Waals surface area contributed by atoms with Gasteiger partial charge >= 0.3 is 0 Å². The Kier molecular flexibility index (Phi) is 4.58. The first-order valence-corrected chi connectivity index (χ1v) is 6.45. The van der Waals surface area contributed by atoms with E-state index in [1.165, 1.54) is 7.11 Å². The summed E-state index contributed by atoms with van der Waals surface area (Å²) in [6.07, 6.45) is 0. The Hall–Kier alpha value is -2.07. The SMILES string of the molecule is COc1ccc(CNc2cc(Cl)ccc2OC)cc1O. The fourth-order valence-corrected chi connectivity index (χ4v) is 2.03. The Labute approximate surface area is 122 Å². The van der Waals surface area contributed by atoms with Crippen LogP contribution in [0.25, 0.3) is 0 Å². The number of aromatic hydroxyl groups is 1. The number of rotatable bonds is 5. The molecule has 0 heterocycles. The predicted molar refractivity (Wildman–Crippen MR) is 80.0 cm³/mol. The van der Waals surface area contributed by atoms with Crippen molar-refractivity contribution in [2.75, 3.05) is 19.5 Å². The molecule has 0 saturated heterocycles. The van der Waals surface area contributed by atoms with Gasteiger partial charge in [0, 0.05) is 11.6 Å². The zero-order valence-electron chi connectivity index (χ0n) is 11.3. The van der Waals surface area contributed by atoms with Crippen molar-refractivity contribution >= 4 is 17.3 Å². The summed E-state index contributed by atoms with van der Waals surface area (Å²) in [5.41, 5.74) is 1.72. The monoisotopic (exact) mass is 293 g/mol. The van der Waals surface area contributed by atoms with Crippen molar-refractivity contribution < 1.29 is 14.6 Å². The largest absolute Gasteiger partial charge is 0.504 e. The molecule has 0 saturated carbocycles. The van der Waals surface area contributed by atoms with E-state index in [0.717, 1.165) is 11.3 Å². The van der Waals surface area contributed by atoms with Crippen LogP contribution in [0, 0.1) is 0 Å². The van der Waals surface area contributed by atoms with E-state index in [1.54, 1.807) is 37.4 Å². The van der Waals surface area contributed by atoms with Crippen molar-refractivity contribution in [2.24, 2.45) is 0 Å². The van der Waals surface area contributed by atoms with Gasteiger partial charge in [-0.2, -0.15) is 0 Å². The summed E-state index contributed by atoms with van der Waals surface area (Å²) in [6, 6.07) is 10.6. The van der Waals surface area contributed by atoms with Gasteiger partial charge in [0.05, 0.1) is 19.9 Å². The van der Waals surface area contributed by atoms with Crippen LogP contribution in [0.2, 0.25) is 5.02 Å². The summed E-state index contributed by atoms with van der Waals surface area (Å²) in [6.45, 7) is 0.536. The zero-order valence-corrected chi connectivity index (χ0v) is 12.1. The number of phenols is 1. The first-order chi connectivity index (χ1) is 9.63. The van der Waals surface area contributed by atoms with Crippen LogP contribution in [-0.2, 0) is 6.54 Å². The van der Waals surface area contributed by atoms with Crippen LogP contribution >= 0.6 is 11.6 Å². The molecule has 0 radical (unpaired) electrons. The zero-order chi connectivity index (χ0) is 14.5. The maximum absolute atomic E-state index is 9.73. The molecule has 5 heteroatoms. The van der Waals surface area contributed by atoms with Gasteiger partial charge in [0.1, 0.15) is 5.75 Å². The third-order valence-corrected chi connectivity index (χ3v) is 3.12.